The Kier molecular flexibility index (Phi) is 5.75. The van der Waals surface area contributed by atoms with Crippen molar-refractivity contribution in [2.24, 2.45) is 0 Å². The van der Waals surface area contributed by atoms with Gasteiger partial charge in [0.25, 0.3) is 6.43 Å². The summed E-state index contributed by atoms with van der Waals surface area (Å²) in [7, 11) is 0. The highest BCUT2D eigenvalue weighted by molar-refractivity contribution is 5.79. The van der Waals surface area contributed by atoms with E-state index in [1.54, 1.807) is 13.8 Å². The predicted molar refractivity (Wildman–Crippen MR) is 67.7 cm³/mol. The van der Waals surface area contributed by atoms with Crippen molar-refractivity contribution >= 4 is 5.91 Å². The lowest BCUT2D eigenvalue weighted by Crippen LogP contribution is -2.38. The van der Waals surface area contributed by atoms with E-state index in [2.05, 4.69) is 9.97 Å². The van der Waals surface area contributed by atoms with Crippen LogP contribution < -0.4 is 5.69 Å². The second kappa shape index (κ2) is 7.09. The van der Waals surface area contributed by atoms with E-state index in [1.165, 1.54) is 0 Å². The number of carbonyl (C=O) groups excluding carboxylic acids is 1. The number of alkyl halides is 2. The molecule has 112 valence electrons. The number of H-pyrrole nitrogens is 1. The first-order valence-corrected chi connectivity index (χ1v) is 6.08. The quantitative estimate of drug-likeness (QED) is 0.772. The van der Waals surface area contributed by atoms with Crippen LogP contribution in [0, 0.1) is 13.8 Å². The fraction of sp³-hybridized carbons (Fsp3) is 0.583. The maximum atomic E-state index is 12.4. The third-order valence-corrected chi connectivity index (χ3v) is 2.86. The van der Waals surface area contributed by atoms with E-state index < -0.39 is 24.6 Å². The normalized spacial score (nSPS) is 10.9. The van der Waals surface area contributed by atoms with Gasteiger partial charge in [-0.2, -0.15) is 4.98 Å². The average Bonchev–Trinajstić information content (AvgIpc) is 2.32. The number of aryl methyl sites for hydroxylation is 2. The summed E-state index contributed by atoms with van der Waals surface area (Å²) in [6.45, 7) is 1.92. The summed E-state index contributed by atoms with van der Waals surface area (Å²) in [5.41, 5.74) is 0.861. The first-order chi connectivity index (χ1) is 9.35. The molecule has 0 unspecified atom stereocenters. The van der Waals surface area contributed by atoms with Crippen LogP contribution in [0.2, 0.25) is 0 Å². The van der Waals surface area contributed by atoms with Crippen LogP contribution in [0.15, 0.2) is 4.79 Å². The molecule has 8 heteroatoms. The van der Waals surface area contributed by atoms with Gasteiger partial charge in [0.05, 0.1) is 19.6 Å². The molecule has 0 fully saturated rings. The maximum absolute atomic E-state index is 12.4. The van der Waals surface area contributed by atoms with Gasteiger partial charge in [0.1, 0.15) is 0 Å². The number of nitrogens with zero attached hydrogens (tertiary/aromatic N) is 2. The second-order valence-corrected chi connectivity index (χ2v) is 4.36. The van der Waals surface area contributed by atoms with E-state index >= 15 is 0 Å². The summed E-state index contributed by atoms with van der Waals surface area (Å²) in [6, 6.07) is 0. The molecule has 0 aliphatic heterocycles. The Morgan fingerprint density at radius 2 is 2.10 bits per heavy atom. The number of nitrogens with one attached hydrogen (secondary N) is 1. The van der Waals surface area contributed by atoms with Crippen molar-refractivity contribution in [2.45, 2.75) is 26.7 Å². The van der Waals surface area contributed by atoms with Crippen molar-refractivity contribution in [3.8, 4) is 0 Å². The van der Waals surface area contributed by atoms with Crippen LogP contribution in [0.25, 0.3) is 0 Å². The first-order valence-electron chi connectivity index (χ1n) is 6.08. The molecule has 6 nitrogen and oxygen atoms in total. The van der Waals surface area contributed by atoms with E-state index in [0.717, 1.165) is 4.90 Å². The van der Waals surface area contributed by atoms with Gasteiger partial charge >= 0.3 is 5.69 Å². The first kappa shape index (κ1) is 16.2. The molecule has 20 heavy (non-hydrogen) atoms. The van der Waals surface area contributed by atoms with E-state index in [9.17, 15) is 18.4 Å². The zero-order chi connectivity index (χ0) is 15.3. The fourth-order valence-corrected chi connectivity index (χ4v) is 1.88. The number of aliphatic hydroxyl groups excluding tert-OH is 1. The van der Waals surface area contributed by atoms with E-state index in [4.69, 9.17) is 5.11 Å². The van der Waals surface area contributed by atoms with Gasteiger partial charge < -0.3 is 15.0 Å². The summed E-state index contributed by atoms with van der Waals surface area (Å²) in [5, 5.41) is 8.81. The molecule has 1 rings (SSSR count). The Morgan fingerprint density at radius 3 is 2.60 bits per heavy atom. The van der Waals surface area contributed by atoms with E-state index in [1.807, 2.05) is 0 Å². The number of aromatic nitrogens is 2. The Bertz CT molecular complexity index is 505. The van der Waals surface area contributed by atoms with Crippen LogP contribution in [0.1, 0.15) is 17.0 Å². The molecule has 1 aromatic rings. The molecule has 0 bridgehead atoms. The zero-order valence-electron chi connectivity index (χ0n) is 11.3. The summed E-state index contributed by atoms with van der Waals surface area (Å²) < 4.78 is 24.8. The number of carbonyl (C=O) groups is 1. The van der Waals surface area contributed by atoms with Gasteiger partial charge in [0, 0.05) is 23.5 Å². The van der Waals surface area contributed by atoms with Gasteiger partial charge in [-0.3, -0.25) is 4.79 Å². The molecule has 1 amide bonds. The Morgan fingerprint density at radius 1 is 1.45 bits per heavy atom. The molecular weight excluding hydrogens is 272 g/mol. The number of halogens is 2. The molecule has 0 saturated heterocycles. The molecule has 0 saturated carbocycles. The summed E-state index contributed by atoms with van der Waals surface area (Å²) in [6.07, 6.45) is -2.81. The zero-order valence-corrected chi connectivity index (χ0v) is 11.3. The third-order valence-electron chi connectivity index (χ3n) is 2.86. The average molecular weight is 289 g/mol. The van der Waals surface area contributed by atoms with Crippen LogP contribution in [-0.2, 0) is 11.2 Å². The molecule has 0 atom stereocenters. The van der Waals surface area contributed by atoms with Crippen molar-refractivity contribution < 1.29 is 18.7 Å². The van der Waals surface area contributed by atoms with Gasteiger partial charge in [-0.1, -0.05) is 0 Å². The largest absolute Gasteiger partial charge is 0.395 e. The lowest BCUT2D eigenvalue weighted by Gasteiger charge is -2.22. The number of hydrogen-bond donors (Lipinski definition) is 2. The smallest absolute Gasteiger partial charge is 0.345 e. The van der Waals surface area contributed by atoms with Gasteiger partial charge in [0.2, 0.25) is 5.91 Å². The lowest BCUT2D eigenvalue weighted by molar-refractivity contribution is -0.133. The molecule has 0 aromatic carbocycles. The molecule has 0 aliphatic rings. The van der Waals surface area contributed by atoms with Crippen molar-refractivity contribution in [1.29, 1.82) is 0 Å². The highest BCUT2D eigenvalue weighted by atomic mass is 19.3. The van der Waals surface area contributed by atoms with E-state index in [-0.39, 0.29) is 19.6 Å². The minimum atomic E-state index is -2.67. The molecular formula is C12H17F2N3O3. The summed E-state index contributed by atoms with van der Waals surface area (Å²) >= 11 is 0. The van der Waals surface area contributed by atoms with Gasteiger partial charge in [-0.15, -0.1) is 0 Å². The molecule has 1 heterocycles. The van der Waals surface area contributed by atoms with Crippen molar-refractivity contribution in [3.63, 3.8) is 0 Å². The number of aromatic amines is 1. The van der Waals surface area contributed by atoms with Gasteiger partial charge in [-0.25, -0.2) is 13.6 Å². The van der Waals surface area contributed by atoms with E-state index in [0.29, 0.717) is 17.0 Å². The second-order valence-electron chi connectivity index (χ2n) is 4.36. The molecule has 0 radical (unpaired) electrons. The number of amides is 1. The monoisotopic (exact) mass is 289 g/mol. The SMILES string of the molecule is Cc1nc(=O)[nH]c(C)c1CC(=O)N(CCO)CC(F)F. The molecule has 2 N–H and O–H groups in total. The standard InChI is InChI=1S/C12H17F2N3O3/c1-7-9(8(2)16-12(20)15-7)5-11(19)17(3-4-18)6-10(13)14/h10,18H,3-6H2,1-2H3,(H,15,16,20). The minimum Gasteiger partial charge on any atom is -0.395 e. The summed E-state index contributed by atoms with van der Waals surface area (Å²) in [5.74, 6) is -0.542. The van der Waals surface area contributed by atoms with Crippen LogP contribution in [0.5, 0.6) is 0 Å². The molecule has 0 aliphatic carbocycles. The molecule has 1 aromatic heterocycles. The van der Waals surface area contributed by atoms with Gasteiger partial charge in [0.15, 0.2) is 0 Å². The lowest BCUT2D eigenvalue weighted by atomic mass is 10.1. The third kappa shape index (κ3) is 4.37. The Labute approximate surface area is 114 Å². The highest BCUT2D eigenvalue weighted by Crippen LogP contribution is 2.10. The van der Waals surface area contributed by atoms with Crippen LogP contribution in [0.3, 0.4) is 0 Å². The van der Waals surface area contributed by atoms with Gasteiger partial charge in [-0.05, 0) is 13.8 Å². The number of aliphatic hydroxyl groups is 1. The Balaban J connectivity index is 2.90. The van der Waals surface area contributed by atoms with Crippen LogP contribution >= 0.6 is 0 Å². The van der Waals surface area contributed by atoms with Crippen molar-refractivity contribution in [3.05, 3.63) is 27.4 Å². The van der Waals surface area contributed by atoms with Crippen LogP contribution in [-0.4, -0.2) is 52.0 Å². The number of rotatable bonds is 6. The van der Waals surface area contributed by atoms with Crippen LogP contribution in [0.4, 0.5) is 8.78 Å². The van der Waals surface area contributed by atoms with Crippen molar-refractivity contribution in [1.82, 2.24) is 14.9 Å². The minimum absolute atomic E-state index is 0.145. The summed E-state index contributed by atoms with van der Waals surface area (Å²) in [4.78, 5) is 30.2. The maximum Gasteiger partial charge on any atom is 0.345 e. The topological polar surface area (TPSA) is 86.3 Å². The highest BCUT2D eigenvalue weighted by Gasteiger charge is 2.20. The fourth-order valence-electron chi connectivity index (χ4n) is 1.88. The Hall–Kier alpha value is -1.83. The molecule has 0 spiro atoms. The number of hydrogen-bond acceptors (Lipinski definition) is 4. The predicted octanol–water partition coefficient (Wildman–Crippen LogP) is 0.0152. The van der Waals surface area contributed by atoms with Crippen molar-refractivity contribution in [2.75, 3.05) is 19.7 Å².